The minimum atomic E-state index is -3.10. The van der Waals surface area contributed by atoms with Gasteiger partial charge < -0.3 is 5.32 Å². The average molecular weight is 423 g/mol. The summed E-state index contributed by atoms with van der Waals surface area (Å²) < 4.78 is 23.7. The second-order valence-electron chi connectivity index (χ2n) is 7.00. The molecule has 152 valence electrons. The third-order valence-electron chi connectivity index (χ3n) is 4.64. The first-order valence-electron chi connectivity index (χ1n) is 9.05. The number of nitrogens with one attached hydrogen (secondary N) is 1. The number of rotatable bonds is 7. The quantitative estimate of drug-likeness (QED) is 0.670. The first-order valence-corrected chi connectivity index (χ1v) is 10.8. The molecule has 0 amide bonds. The van der Waals surface area contributed by atoms with Crippen LogP contribution < -0.4 is 11.2 Å². The van der Waals surface area contributed by atoms with E-state index in [1.54, 1.807) is 18.9 Å². The topological polar surface area (TPSA) is 87.8 Å². The van der Waals surface area contributed by atoms with Crippen molar-refractivity contribution >= 4 is 33.8 Å². The lowest BCUT2D eigenvalue weighted by Gasteiger charge is -2.13. The zero-order valence-electron chi connectivity index (χ0n) is 16.1. The van der Waals surface area contributed by atoms with Gasteiger partial charge in [-0.3, -0.25) is 10.0 Å². The Kier molecular flexibility index (Phi) is 7.46. The van der Waals surface area contributed by atoms with E-state index in [9.17, 15) is 8.42 Å². The molecule has 8 heteroatoms. The van der Waals surface area contributed by atoms with Gasteiger partial charge in [0.25, 0.3) is 0 Å². The van der Waals surface area contributed by atoms with E-state index in [1.807, 2.05) is 36.4 Å². The van der Waals surface area contributed by atoms with Crippen molar-refractivity contribution in [1.82, 2.24) is 5.01 Å². The minimum absolute atomic E-state index is 0. The SMILES string of the molecule is CC(C)S(=O)(=O)CNc1ccc(Cc2ccc(C3=NCCN3N)cc2)cc1.Cl. The zero-order valence-corrected chi connectivity index (χ0v) is 17.8. The van der Waals surface area contributed by atoms with E-state index >= 15 is 0 Å². The van der Waals surface area contributed by atoms with Gasteiger partial charge in [0.05, 0.1) is 18.3 Å². The summed E-state index contributed by atoms with van der Waals surface area (Å²) in [5, 5.41) is 4.28. The molecule has 0 spiro atoms. The predicted octanol–water partition coefficient (Wildman–Crippen LogP) is 2.83. The van der Waals surface area contributed by atoms with Gasteiger partial charge in [-0.2, -0.15) is 0 Å². The molecule has 2 aromatic carbocycles. The summed E-state index contributed by atoms with van der Waals surface area (Å²) >= 11 is 0. The number of nitrogens with two attached hydrogens (primary N) is 1. The van der Waals surface area contributed by atoms with Crippen LogP contribution in [0, 0.1) is 0 Å². The number of benzene rings is 2. The van der Waals surface area contributed by atoms with Crippen molar-refractivity contribution in [2.24, 2.45) is 10.8 Å². The van der Waals surface area contributed by atoms with Crippen molar-refractivity contribution in [3.05, 3.63) is 65.2 Å². The molecule has 3 rings (SSSR count). The first-order chi connectivity index (χ1) is 12.8. The molecular formula is C20H27ClN4O2S. The number of nitrogens with zero attached hydrogens (tertiary/aromatic N) is 2. The molecular weight excluding hydrogens is 396 g/mol. The average Bonchev–Trinajstić information content (AvgIpc) is 3.08. The largest absolute Gasteiger partial charge is 0.372 e. The van der Waals surface area contributed by atoms with Gasteiger partial charge in [0.1, 0.15) is 11.7 Å². The van der Waals surface area contributed by atoms with Crippen LogP contribution in [0.2, 0.25) is 0 Å². The summed E-state index contributed by atoms with van der Waals surface area (Å²) in [5.74, 6) is 6.71. The molecule has 3 N–H and O–H groups in total. The van der Waals surface area contributed by atoms with Gasteiger partial charge in [0.15, 0.2) is 9.84 Å². The van der Waals surface area contributed by atoms with E-state index in [2.05, 4.69) is 22.4 Å². The van der Waals surface area contributed by atoms with Gasteiger partial charge in [0, 0.05) is 11.3 Å². The standard InChI is InChI=1S/C20H26N4O2S.ClH/c1-15(2)27(25,26)14-23-19-9-5-17(6-10-19)13-16-3-7-18(8-4-16)20-22-11-12-24(20)21;/h3-10,15,23H,11-14,21H2,1-2H3;1H. The van der Waals surface area contributed by atoms with E-state index in [0.717, 1.165) is 36.6 Å². The summed E-state index contributed by atoms with van der Waals surface area (Å²) in [6, 6.07) is 16.1. The molecule has 0 fully saturated rings. The Hall–Kier alpha value is -2.09. The molecule has 28 heavy (non-hydrogen) atoms. The summed E-state index contributed by atoms with van der Waals surface area (Å²) in [6.07, 6.45) is 0.809. The maximum Gasteiger partial charge on any atom is 0.170 e. The highest BCUT2D eigenvalue weighted by molar-refractivity contribution is 7.92. The van der Waals surface area contributed by atoms with Gasteiger partial charge in [0.2, 0.25) is 0 Å². The fourth-order valence-electron chi connectivity index (χ4n) is 2.82. The van der Waals surface area contributed by atoms with Crippen LogP contribution in [0.4, 0.5) is 5.69 Å². The molecule has 0 aliphatic carbocycles. The molecule has 0 aromatic heterocycles. The van der Waals surface area contributed by atoms with Crippen molar-refractivity contribution in [3.8, 4) is 0 Å². The lowest BCUT2D eigenvalue weighted by molar-refractivity contribution is 0.484. The van der Waals surface area contributed by atoms with Crippen molar-refractivity contribution in [1.29, 1.82) is 0 Å². The summed E-state index contributed by atoms with van der Waals surface area (Å²) in [4.78, 5) is 4.42. The van der Waals surface area contributed by atoms with Crippen LogP contribution in [0.5, 0.6) is 0 Å². The molecule has 0 bridgehead atoms. The Morgan fingerprint density at radius 2 is 1.64 bits per heavy atom. The molecule has 0 radical (unpaired) electrons. The zero-order chi connectivity index (χ0) is 19.4. The van der Waals surface area contributed by atoms with Gasteiger partial charge in [-0.15, -0.1) is 12.4 Å². The van der Waals surface area contributed by atoms with Crippen molar-refractivity contribution < 1.29 is 8.42 Å². The predicted molar refractivity (Wildman–Crippen MR) is 118 cm³/mol. The number of halogens is 1. The van der Waals surface area contributed by atoms with Crippen LogP contribution in [-0.4, -0.2) is 43.5 Å². The van der Waals surface area contributed by atoms with E-state index in [-0.39, 0.29) is 23.5 Å². The van der Waals surface area contributed by atoms with E-state index in [1.165, 1.54) is 11.1 Å². The Labute approximate surface area is 173 Å². The second kappa shape index (κ2) is 9.41. The highest BCUT2D eigenvalue weighted by Crippen LogP contribution is 2.16. The van der Waals surface area contributed by atoms with E-state index < -0.39 is 9.84 Å². The lowest BCUT2D eigenvalue weighted by Crippen LogP contribution is -2.34. The number of aliphatic imine (C=N–C) groups is 1. The molecule has 0 unspecified atom stereocenters. The highest BCUT2D eigenvalue weighted by atomic mass is 35.5. The first kappa shape index (κ1) is 22.2. The van der Waals surface area contributed by atoms with E-state index in [4.69, 9.17) is 5.84 Å². The monoisotopic (exact) mass is 422 g/mol. The van der Waals surface area contributed by atoms with Crippen LogP contribution in [0.3, 0.4) is 0 Å². The molecule has 1 aliphatic rings. The Morgan fingerprint density at radius 1 is 1.07 bits per heavy atom. The van der Waals surface area contributed by atoms with Crippen LogP contribution in [0.1, 0.15) is 30.5 Å². The number of hydrogen-bond donors (Lipinski definition) is 2. The minimum Gasteiger partial charge on any atom is -0.372 e. The summed E-state index contributed by atoms with van der Waals surface area (Å²) in [6.45, 7) is 4.88. The lowest BCUT2D eigenvalue weighted by atomic mass is 10.0. The second-order valence-corrected chi connectivity index (χ2v) is 9.56. The van der Waals surface area contributed by atoms with Gasteiger partial charge in [-0.05, 0) is 43.5 Å². The molecule has 0 atom stereocenters. The third kappa shape index (κ3) is 5.47. The molecule has 2 aromatic rings. The van der Waals surface area contributed by atoms with Gasteiger partial charge in [-0.25, -0.2) is 14.3 Å². The molecule has 1 aliphatic heterocycles. The van der Waals surface area contributed by atoms with Gasteiger partial charge >= 0.3 is 0 Å². The molecule has 0 saturated heterocycles. The third-order valence-corrected chi connectivity index (χ3v) is 6.63. The number of amidine groups is 1. The van der Waals surface area contributed by atoms with Crippen molar-refractivity contribution in [2.45, 2.75) is 25.5 Å². The molecule has 1 heterocycles. The fourth-order valence-corrected chi connectivity index (χ4v) is 3.52. The Morgan fingerprint density at radius 3 is 2.14 bits per heavy atom. The smallest absolute Gasteiger partial charge is 0.170 e. The van der Waals surface area contributed by atoms with Crippen LogP contribution in [0.25, 0.3) is 0 Å². The highest BCUT2D eigenvalue weighted by Gasteiger charge is 2.16. The van der Waals surface area contributed by atoms with Crippen LogP contribution in [0.15, 0.2) is 53.5 Å². The number of hydrazine groups is 1. The van der Waals surface area contributed by atoms with Gasteiger partial charge in [-0.1, -0.05) is 36.4 Å². The number of anilines is 1. The van der Waals surface area contributed by atoms with Crippen molar-refractivity contribution in [2.75, 3.05) is 24.3 Å². The maximum atomic E-state index is 11.9. The fraction of sp³-hybridized carbons (Fsp3) is 0.350. The van der Waals surface area contributed by atoms with Crippen LogP contribution in [-0.2, 0) is 16.3 Å². The normalized spacial score (nSPS) is 14.0. The summed E-state index contributed by atoms with van der Waals surface area (Å²) in [7, 11) is -3.10. The Bertz CT molecular complexity index is 910. The maximum absolute atomic E-state index is 11.9. The van der Waals surface area contributed by atoms with Crippen LogP contribution >= 0.6 is 12.4 Å². The summed E-state index contributed by atoms with van der Waals surface area (Å²) in [5.41, 5.74) is 4.20. The van der Waals surface area contributed by atoms with E-state index in [0.29, 0.717) is 0 Å². The molecule has 6 nitrogen and oxygen atoms in total. The number of sulfone groups is 1. The van der Waals surface area contributed by atoms with Crippen molar-refractivity contribution in [3.63, 3.8) is 0 Å². The molecule has 0 saturated carbocycles. The Balaban J connectivity index is 0.00000280. The number of hydrogen-bond acceptors (Lipinski definition) is 6.